The highest BCUT2D eigenvalue weighted by molar-refractivity contribution is 6.32. The van der Waals surface area contributed by atoms with E-state index in [1.807, 2.05) is 0 Å². The molecular formula is C20H18ClNO5. The molecule has 0 unspecified atom stereocenters. The second kappa shape index (κ2) is 8.60. The maximum atomic E-state index is 12.1. The Bertz CT molecular complexity index is 866. The van der Waals surface area contributed by atoms with E-state index in [2.05, 4.69) is 0 Å². The van der Waals surface area contributed by atoms with E-state index in [0.717, 1.165) is 6.42 Å². The Morgan fingerprint density at radius 3 is 2.63 bits per heavy atom. The lowest BCUT2D eigenvalue weighted by Gasteiger charge is -2.13. The highest BCUT2D eigenvalue weighted by Gasteiger charge is 2.21. The highest BCUT2D eigenvalue weighted by Crippen LogP contribution is 2.38. The molecule has 1 aliphatic heterocycles. The van der Waals surface area contributed by atoms with Crippen molar-refractivity contribution >= 4 is 29.6 Å². The molecule has 27 heavy (non-hydrogen) atoms. The van der Waals surface area contributed by atoms with Gasteiger partial charge >= 0.3 is 5.97 Å². The van der Waals surface area contributed by atoms with Crippen molar-refractivity contribution in [3.8, 4) is 11.5 Å². The van der Waals surface area contributed by atoms with Gasteiger partial charge in [-0.05, 0) is 23.8 Å². The second-order valence-electron chi connectivity index (χ2n) is 5.84. The van der Waals surface area contributed by atoms with Crippen LogP contribution in [0.25, 0.3) is 6.08 Å². The zero-order valence-electron chi connectivity index (χ0n) is 14.4. The summed E-state index contributed by atoms with van der Waals surface area (Å²) >= 11 is 6.22. The molecule has 7 heteroatoms. The monoisotopic (exact) mass is 387 g/mol. The number of hydrogen-bond acceptors (Lipinski definition) is 5. The summed E-state index contributed by atoms with van der Waals surface area (Å²) in [5.41, 5.74) is 6.49. The molecule has 0 aliphatic carbocycles. The van der Waals surface area contributed by atoms with Crippen LogP contribution in [0.3, 0.4) is 0 Å². The summed E-state index contributed by atoms with van der Waals surface area (Å²) in [4.78, 5) is 23.7. The quantitative estimate of drug-likeness (QED) is 0.628. The highest BCUT2D eigenvalue weighted by atomic mass is 35.5. The SMILES string of the molecule is NC(=O)[C@H](OC(=O)/C=C/c1cc(Cl)c2c(c1)OCCCO2)c1ccccc1. The van der Waals surface area contributed by atoms with Crippen LogP contribution in [0, 0.1) is 0 Å². The largest absolute Gasteiger partial charge is 0.489 e. The third-order valence-corrected chi connectivity index (χ3v) is 4.11. The Kier molecular flexibility index (Phi) is 5.98. The number of fused-ring (bicyclic) bond motifs is 1. The zero-order valence-corrected chi connectivity index (χ0v) is 15.1. The number of rotatable bonds is 5. The fraction of sp³-hybridized carbons (Fsp3) is 0.200. The van der Waals surface area contributed by atoms with Crippen molar-refractivity contribution in [3.63, 3.8) is 0 Å². The average Bonchev–Trinajstić information content (AvgIpc) is 2.91. The van der Waals surface area contributed by atoms with Crippen LogP contribution >= 0.6 is 11.6 Å². The van der Waals surface area contributed by atoms with Crippen molar-refractivity contribution in [2.75, 3.05) is 13.2 Å². The summed E-state index contributed by atoms with van der Waals surface area (Å²) < 4.78 is 16.4. The van der Waals surface area contributed by atoms with Crippen LogP contribution in [-0.4, -0.2) is 25.1 Å². The Balaban J connectivity index is 1.73. The van der Waals surface area contributed by atoms with Crippen LogP contribution < -0.4 is 15.2 Å². The summed E-state index contributed by atoms with van der Waals surface area (Å²) in [5, 5.41) is 0.390. The van der Waals surface area contributed by atoms with Crippen LogP contribution in [0.2, 0.25) is 5.02 Å². The molecule has 3 rings (SSSR count). The lowest BCUT2D eigenvalue weighted by molar-refractivity contribution is -0.150. The summed E-state index contributed by atoms with van der Waals surface area (Å²) in [7, 11) is 0. The summed E-state index contributed by atoms with van der Waals surface area (Å²) in [5.74, 6) is -0.438. The molecule has 1 amide bonds. The standard InChI is InChI=1S/C20H18ClNO5/c21-15-11-13(12-16-19(15)26-10-4-9-25-16)7-8-17(23)27-18(20(22)24)14-5-2-1-3-6-14/h1-3,5-8,11-12,18H,4,9-10H2,(H2,22,24)/b8-7+/t18-/m1/s1. The molecular weight excluding hydrogens is 370 g/mol. The zero-order chi connectivity index (χ0) is 19.2. The van der Waals surface area contributed by atoms with Crippen molar-refractivity contribution in [1.29, 1.82) is 0 Å². The van der Waals surface area contributed by atoms with Gasteiger partial charge in [-0.15, -0.1) is 0 Å². The van der Waals surface area contributed by atoms with Gasteiger partial charge in [-0.2, -0.15) is 0 Å². The van der Waals surface area contributed by atoms with E-state index in [4.69, 9.17) is 31.5 Å². The van der Waals surface area contributed by atoms with Crippen LogP contribution in [-0.2, 0) is 14.3 Å². The van der Waals surface area contributed by atoms with Gasteiger partial charge in [0.15, 0.2) is 11.5 Å². The van der Waals surface area contributed by atoms with Crippen molar-refractivity contribution < 1.29 is 23.8 Å². The van der Waals surface area contributed by atoms with Gasteiger partial charge in [0, 0.05) is 18.1 Å². The lowest BCUT2D eigenvalue weighted by atomic mass is 10.1. The number of carbonyl (C=O) groups excluding carboxylic acids is 2. The average molecular weight is 388 g/mol. The van der Waals surface area contributed by atoms with Gasteiger partial charge in [0.1, 0.15) is 0 Å². The third kappa shape index (κ3) is 4.80. The number of halogens is 1. The molecule has 0 saturated heterocycles. The van der Waals surface area contributed by atoms with Gasteiger partial charge in [-0.25, -0.2) is 4.79 Å². The number of amides is 1. The summed E-state index contributed by atoms with van der Waals surface area (Å²) in [6.07, 6.45) is 2.33. The Morgan fingerprint density at radius 1 is 1.15 bits per heavy atom. The third-order valence-electron chi connectivity index (χ3n) is 3.83. The molecule has 2 aromatic rings. The Labute approximate surface area is 161 Å². The maximum Gasteiger partial charge on any atom is 0.331 e. The molecule has 1 atom stereocenters. The van der Waals surface area contributed by atoms with E-state index in [1.165, 1.54) is 12.2 Å². The van der Waals surface area contributed by atoms with Crippen molar-refractivity contribution in [2.24, 2.45) is 5.73 Å². The number of nitrogens with two attached hydrogens (primary N) is 1. The second-order valence-corrected chi connectivity index (χ2v) is 6.25. The first-order valence-electron chi connectivity index (χ1n) is 8.36. The number of primary amides is 1. The van der Waals surface area contributed by atoms with Crippen LogP contribution in [0.5, 0.6) is 11.5 Å². The predicted octanol–water partition coefficient (Wildman–Crippen LogP) is 3.28. The van der Waals surface area contributed by atoms with E-state index >= 15 is 0 Å². The first-order valence-corrected chi connectivity index (χ1v) is 8.74. The fourth-order valence-electron chi connectivity index (χ4n) is 2.58. The number of ether oxygens (including phenoxy) is 3. The minimum absolute atomic E-state index is 0.390. The summed E-state index contributed by atoms with van der Waals surface area (Å²) in [6.45, 7) is 1.05. The number of esters is 1. The molecule has 1 aliphatic rings. The maximum absolute atomic E-state index is 12.1. The lowest BCUT2D eigenvalue weighted by Crippen LogP contribution is -2.25. The fourth-order valence-corrected chi connectivity index (χ4v) is 2.86. The Morgan fingerprint density at radius 2 is 1.89 bits per heavy atom. The first kappa shape index (κ1) is 18.8. The summed E-state index contributed by atoms with van der Waals surface area (Å²) in [6, 6.07) is 12.0. The Hall–Kier alpha value is -2.99. The van der Waals surface area contributed by atoms with Crippen LogP contribution in [0.4, 0.5) is 0 Å². The van der Waals surface area contributed by atoms with Crippen molar-refractivity contribution in [2.45, 2.75) is 12.5 Å². The van der Waals surface area contributed by atoms with Gasteiger partial charge in [-0.3, -0.25) is 4.79 Å². The smallest absolute Gasteiger partial charge is 0.331 e. The molecule has 0 aromatic heterocycles. The number of carbonyl (C=O) groups is 2. The van der Waals surface area contributed by atoms with Gasteiger partial charge in [0.05, 0.1) is 18.2 Å². The van der Waals surface area contributed by atoms with E-state index in [9.17, 15) is 9.59 Å². The van der Waals surface area contributed by atoms with Crippen molar-refractivity contribution in [1.82, 2.24) is 0 Å². The van der Waals surface area contributed by atoms with E-state index in [1.54, 1.807) is 42.5 Å². The van der Waals surface area contributed by atoms with Crippen LogP contribution in [0.1, 0.15) is 23.7 Å². The minimum Gasteiger partial charge on any atom is -0.489 e. The normalized spacial score (nSPS) is 14.4. The molecule has 0 radical (unpaired) electrons. The van der Waals surface area contributed by atoms with Crippen LogP contribution in [0.15, 0.2) is 48.5 Å². The topological polar surface area (TPSA) is 87.9 Å². The predicted molar refractivity (Wildman–Crippen MR) is 101 cm³/mol. The minimum atomic E-state index is -1.16. The molecule has 2 N–H and O–H groups in total. The molecule has 0 bridgehead atoms. The molecule has 6 nitrogen and oxygen atoms in total. The molecule has 0 saturated carbocycles. The van der Waals surface area contributed by atoms with Gasteiger partial charge in [-0.1, -0.05) is 41.9 Å². The number of benzene rings is 2. The molecule has 140 valence electrons. The first-order chi connectivity index (χ1) is 13.0. The molecule has 2 aromatic carbocycles. The van der Waals surface area contributed by atoms with E-state index < -0.39 is 18.0 Å². The van der Waals surface area contributed by atoms with Gasteiger partial charge in [0.2, 0.25) is 6.10 Å². The molecule has 0 spiro atoms. The van der Waals surface area contributed by atoms with E-state index in [-0.39, 0.29) is 0 Å². The van der Waals surface area contributed by atoms with E-state index in [0.29, 0.717) is 40.9 Å². The number of hydrogen-bond donors (Lipinski definition) is 1. The van der Waals surface area contributed by atoms with Gasteiger partial charge < -0.3 is 19.9 Å². The van der Waals surface area contributed by atoms with Gasteiger partial charge in [0.25, 0.3) is 5.91 Å². The van der Waals surface area contributed by atoms with Crippen molar-refractivity contribution in [3.05, 3.63) is 64.7 Å². The molecule has 0 fully saturated rings. The molecule has 1 heterocycles.